The fraction of sp³-hybridized carbons (Fsp3) is 0.875. The Labute approximate surface area is 77.7 Å². The maximum absolute atomic E-state index is 10.9. The summed E-state index contributed by atoms with van der Waals surface area (Å²) in [6, 6.07) is -0.283. The lowest BCUT2D eigenvalue weighted by Gasteiger charge is -2.21. The van der Waals surface area contributed by atoms with E-state index in [4.69, 9.17) is 4.74 Å². The van der Waals surface area contributed by atoms with E-state index < -0.39 is 0 Å². The number of hydroxylamine groups is 1. The molecule has 0 atom stereocenters. The molecule has 1 heterocycles. The molecule has 76 valence electrons. The molecule has 0 aliphatic carbocycles. The number of hydrogen-bond donors (Lipinski definition) is 2. The molecule has 0 unspecified atom stereocenters. The maximum Gasteiger partial charge on any atom is 0.338 e. The van der Waals surface area contributed by atoms with Crippen molar-refractivity contribution in [1.82, 2.24) is 10.8 Å². The van der Waals surface area contributed by atoms with Gasteiger partial charge in [-0.2, -0.15) is 0 Å². The molecule has 1 aliphatic heterocycles. The zero-order valence-electron chi connectivity index (χ0n) is 7.84. The van der Waals surface area contributed by atoms with Gasteiger partial charge in [0.2, 0.25) is 0 Å². The van der Waals surface area contributed by atoms with E-state index in [1.54, 1.807) is 0 Å². The van der Waals surface area contributed by atoms with Gasteiger partial charge < -0.3 is 10.1 Å². The van der Waals surface area contributed by atoms with Gasteiger partial charge >= 0.3 is 6.03 Å². The second-order valence-corrected chi connectivity index (χ2v) is 3.07. The van der Waals surface area contributed by atoms with Crippen molar-refractivity contribution in [2.45, 2.75) is 12.8 Å². The predicted octanol–water partition coefficient (Wildman–Crippen LogP) is 0.274. The first-order valence-electron chi connectivity index (χ1n) is 4.47. The van der Waals surface area contributed by atoms with Gasteiger partial charge in [-0.1, -0.05) is 0 Å². The van der Waals surface area contributed by atoms with Crippen molar-refractivity contribution in [2.24, 2.45) is 5.92 Å². The summed E-state index contributed by atoms with van der Waals surface area (Å²) in [5.74, 6) is 0.538. The minimum Gasteiger partial charge on any atom is -0.381 e. The molecular weight excluding hydrogens is 172 g/mol. The lowest BCUT2D eigenvalue weighted by molar-refractivity contribution is 0.0651. The van der Waals surface area contributed by atoms with Crippen LogP contribution in [0.3, 0.4) is 0 Å². The topological polar surface area (TPSA) is 59.6 Å². The van der Waals surface area contributed by atoms with Crippen LogP contribution in [0.15, 0.2) is 0 Å². The van der Waals surface area contributed by atoms with E-state index in [2.05, 4.69) is 15.6 Å². The van der Waals surface area contributed by atoms with Gasteiger partial charge in [-0.15, -0.1) is 0 Å². The van der Waals surface area contributed by atoms with E-state index in [9.17, 15) is 4.79 Å². The summed E-state index contributed by atoms with van der Waals surface area (Å²) in [5, 5.41) is 2.72. The summed E-state index contributed by atoms with van der Waals surface area (Å²) in [4.78, 5) is 15.4. The Kier molecular flexibility index (Phi) is 4.56. The number of carbonyl (C=O) groups excluding carboxylic acids is 1. The van der Waals surface area contributed by atoms with Crippen molar-refractivity contribution in [3.05, 3.63) is 0 Å². The van der Waals surface area contributed by atoms with Crippen LogP contribution in [-0.4, -0.2) is 32.9 Å². The minimum absolute atomic E-state index is 0.283. The SMILES string of the molecule is CONC(=O)NCC1CCOCC1. The van der Waals surface area contributed by atoms with Gasteiger partial charge in [0.1, 0.15) is 0 Å². The zero-order valence-corrected chi connectivity index (χ0v) is 7.84. The molecule has 1 rings (SSSR count). The highest BCUT2D eigenvalue weighted by atomic mass is 16.6. The van der Waals surface area contributed by atoms with E-state index >= 15 is 0 Å². The molecule has 1 fully saturated rings. The van der Waals surface area contributed by atoms with Crippen LogP contribution in [0.4, 0.5) is 4.79 Å². The molecular formula is C8H16N2O3. The summed E-state index contributed by atoms with van der Waals surface area (Å²) in [6.07, 6.45) is 2.04. The van der Waals surface area contributed by atoms with E-state index in [-0.39, 0.29) is 6.03 Å². The summed E-state index contributed by atoms with van der Waals surface area (Å²) >= 11 is 0. The smallest absolute Gasteiger partial charge is 0.338 e. The molecule has 0 aromatic heterocycles. The number of rotatable bonds is 3. The van der Waals surface area contributed by atoms with Crippen LogP contribution in [-0.2, 0) is 9.57 Å². The third-order valence-corrected chi connectivity index (χ3v) is 2.09. The first kappa shape index (κ1) is 10.3. The summed E-state index contributed by atoms with van der Waals surface area (Å²) in [5.41, 5.74) is 2.20. The zero-order chi connectivity index (χ0) is 9.52. The molecule has 0 aromatic rings. The number of carbonyl (C=O) groups is 1. The fourth-order valence-corrected chi connectivity index (χ4v) is 1.32. The first-order chi connectivity index (χ1) is 6.33. The molecule has 0 radical (unpaired) electrons. The quantitative estimate of drug-likeness (QED) is 0.625. The van der Waals surface area contributed by atoms with Crippen LogP contribution in [0, 0.1) is 5.92 Å². The first-order valence-corrected chi connectivity index (χ1v) is 4.47. The Bertz CT molecular complexity index is 157. The Morgan fingerprint density at radius 3 is 2.85 bits per heavy atom. The Balaban J connectivity index is 2.06. The van der Waals surface area contributed by atoms with Crippen LogP contribution in [0.2, 0.25) is 0 Å². The van der Waals surface area contributed by atoms with Gasteiger partial charge in [-0.25, -0.2) is 10.3 Å². The van der Waals surface area contributed by atoms with Crippen LogP contribution >= 0.6 is 0 Å². The number of urea groups is 1. The van der Waals surface area contributed by atoms with Gasteiger partial charge in [0.05, 0.1) is 7.11 Å². The lowest BCUT2D eigenvalue weighted by atomic mass is 10.0. The van der Waals surface area contributed by atoms with Crippen molar-refractivity contribution in [2.75, 3.05) is 26.9 Å². The summed E-state index contributed by atoms with van der Waals surface area (Å²) in [7, 11) is 1.41. The molecule has 5 nitrogen and oxygen atoms in total. The highest BCUT2D eigenvalue weighted by Crippen LogP contribution is 2.12. The van der Waals surface area contributed by atoms with Gasteiger partial charge in [0, 0.05) is 19.8 Å². The van der Waals surface area contributed by atoms with Crippen molar-refractivity contribution < 1.29 is 14.4 Å². The highest BCUT2D eigenvalue weighted by Gasteiger charge is 2.14. The fourth-order valence-electron chi connectivity index (χ4n) is 1.32. The van der Waals surface area contributed by atoms with E-state index in [1.807, 2.05) is 0 Å². The molecule has 2 amide bonds. The number of nitrogens with one attached hydrogen (secondary N) is 2. The van der Waals surface area contributed by atoms with Crippen LogP contribution < -0.4 is 10.8 Å². The number of amides is 2. The van der Waals surface area contributed by atoms with Gasteiger partial charge in [-0.05, 0) is 18.8 Å². The van der Waals surface area contributed by atoms with Crippen molar-refractivity contribution in [3.8, 4) is 0 Å². The van der Waals surface area contributed by atoms with Gasteiger partial charge in [-0.3, -0.25) is 4.84 Å². The Hall–Kier alpha value is -0.810. The van der Waals surface area contributed by atoms with Crippen LogP contribution in [0.5, 0.6) is 0 Å². The largest absolute Gasteiger partial charge is 0.381 e. The molecule has 0 saturated carbocycles. The van der Waals surface area contributed by atoms with Gasteiger partial charge in [0.25, 0.3) is 0 Å². The normalized spacial score (nSPS) is 18.2. The van der Waals surface area contributed by atoms with Crippen molar-refractivity contribution in [3.63, 3.8) is 0 Å². The number of ether oxygens (including phenoxy) is 1. The van der Waals surface area contributed by atoms with Gasteiger partial charge in [0.15, 0.2) is 0 Å². The Morgan fingerprint density at radius 1 is 1.54 bits per heavy atom. The minimum atomic E-state index is -0.283. The molecule has 0 bridgehead atoms. The molecule has 0 spiro atoms. The highest BCUT2D eigenvalue weighted by molar-refractivity contribution is 5.72. The predicted molar refractivity (Wildman–Crippen MR) is 47.1 cm³/mol. The average Bonchev–Trinajstić information content (AvgIpc) is 2.17. The van der Waals surface area contributed by atoms with Crippen LogP contribution in [0.1, 0.15) is 12.8 Å². The molecule has 0 aromatic carbocycles. The standard InChI is InChI=1S/C8H16N2O3/c1-12-10-8(11)9-6-7-2-4-13-5-3-7/h7H,2-6H2,1H3,(H2,9,10,11). The lowest BCUT2D eigenvalue weighted by Crippen LogP contribution is -2.38. The second kappa shape index (κ2) is 5.77. The third kappa shape index (κ3) is 4.10. The summed E-state index contributed by atoms with van der Waals surface area (Å²) in [6.45, 7) is 2.30. The van der Waals surface area contributed by atoms with Crippen molar-refractivity contribution in [1.29, 1.82) is 0 Å². The molecule has 1 saturated heterocycles. The second-order valence-electron chi connectivity index (χ2n) is 3.07. The summed E-state index contributed by atoms with van der Waals surface area (Å²) < 4.78 is 5.20. The molecule has 1 aliphatic rings. The monoisotopic (exact) mass is 188 g/mol. The van der Waals surface area contributed by atoms with Crippen LogP contribution in [0.25, 0.3) is 0 Å². The van der Waals surface area contributed by atoms with E-state index in [0.717, 1.165) is 26.1 Å². The molecule has 5 heteroatoms. The average molecular weight is 188 g/mol. The van der Waals surface area contributed by atoms with E-state index in [0.29, 0.717) is 12.5 Å². The van der Waals surface area contributed by atoms with Crippen molar-refractivity contribution >= 4 is 6.03 Å². The molecule has 2 N–H and O–H groups in total. The molecule has 13 heavy (non-hydrogen) atoms. The maximum atomic E-state index is 10.9. The number of hydrogen-bond acceptors (Lipinski definition) is 3. The van der Waals surface area contributed by atoms with E-state index in [1.165, 1.54) is 7.11 Å². The third-order valence-electron chi connectivity index (χ3n) is 2.09. The Morgan fingerprint density at radius 2 is 2.23 bits per heavy atom.